The maximum atomic E-state index is 10.5. The molecule has 0 aliphatic carbocycles. The molecule has 19 heavy (non-hydrogen) atoms. The molecule has 1 N–H and O–H groups in total. The number of aryl methyl sites for hydroxylation is 2. The first-order valence-corrected chi connectivity index (χ1v) is 7.14. The van der Waals surface area contributed by atoms with Crippen molar-refractivity contribution >= 4 is 0 Å². The zero-order valence-corrected chi connectivity index (χ0v) is 12.0. The van der Waals surface area contributed by atoms with Gasteiger partial charge in [-0.05, 0) is 41.5 Å². The minimum absolute atomic E-state index is 0.487. The molecule has 0 aliphatic heterocycles. The van der Waals surface area contributed by atoms with Crippen molar-refractivity contribution in [3.8, 4) is 16.9 Å². The van der Waals surface area contributed by atoms with E-state index in [4.69, 9.17) is 0 Å². The molecule has 100 valence electrons. The molecule has 1 heteroatoms. The van der Waals surface area contributed by atoms with Crippen LogP contribution in [-0.4, -0.2) is 5.11 Å². The average Bonchev–Trinajstić information content (AvgIpc) is 2.47. The van der Waals surface area contributed by atoms with E-state index in [0.717, 1.165) is 30.4 Å². The number of hydrogen-bond acceptors (Lipinski definition) is 1. The molecule has 0 fully saturated rings. The van der Waals surface area contributed by atoms with Crippen molar-refractivity contribution in [1.82, 2.24) is 0 Å². The summed E-state index contributed by atoms with van der Waals surface area (Å²) >= 11 is 0. The highest BCUT2D eigenvalue weighted by Gasteiger charge is 2.15. The Hall–Kier alpha value is -1.76. The third-order valence-electron chi connectivity index (χ3n) is 3.74. The maximum Gasteiger partial charge on any atom is 0.122 e. The van der Waals surface area contributed by atoms with E-state index in [1.165, 1.54) is 16.7 Å². The molecule has 2 rings (SSSR count). The summed E-state index contributed by atoms with van der Waals surface area (Å²) in [5.41, 5.74) is 5.91. The normalized spacial score (nSPS) is 10.7. The SMILES string of the molecule is CCc1cc(CC)c(-c2ccccc2)c(CC)c1O. The van der Waals surface area contributed by atoms with Crippen LogP contribution in [0.15, 0.2) is 36.4 Å². The molecule has 0 unspecified atom stereocenters. The quantitative estimate of drug-likeness (QED) is 0.835. The van der Waals surface area contributed by atoms with Crippen LogP contribution in [0.3, 0.4) is 0 Å². The molecule has 0 radical (unpaired) electrons. The number of hydrogen-bond donors (Lipinski definition) is 1. The lowest BCUT2D eigenvalue weighted by molar-refractivity contribution is 0.462. The lowest BCUT2D eigenvalue weighted by atomic mass is 9.88. The van der Waals surface area contributed by atoms with E-state index in [-0.39, 0.29) is 0 Å². The van der Waals surface area contributed by atoms with Gasteiger partial charge in [-0.3, -0.25) is 0 Å². The van der Waals surface area contributed by atoms with Crippen LogP contribution in [0, 0.1) is 0 Å². The topological polar surface area (TPSA) is 20.2 Å². The van der Waals surface area contributed by atoms with Gasteiger partial charge in [-0.2, -0.15) is 0 Å². The summed E-state index contributed by atoms with van der Waals surface area (Å²) in [6.07, 6.45) is 2.72. The van der Waals surface area contributed by atoms with Crippen LogP contribution in [0.1, 0.15) is 37.5 Å². The Bertz CT molecular complexity index is 556. The van der Waals surface area contributed by atoms with Gasteiger partial charge in [0.1, 0.15) is 5.75 Å². The van der Waals surface area contributed by atoms with E-state index >= 15 is 0 Å². The lowest BCUT2D eigenvalue weighted by Crippen LogP contribution is -1.99. The summed E-state index contributed by atoms with van der Waals surface area (Å²) in [7, 11) is 0. The first kappa shape index (κ1) is 13.7. The van der Waals surface area contributed by atoms with Crippen molar-refractivity contribution in [3.05, 3.63) is 53.1 Å². The molecule has 0 spiro atoms. The molecule has 1 nitrogen and oxygen atoms in total. The van der Waals surface area contributed by atoms with Gasteiger partial charge < -0.3 is 5.11 Å². The zero-order valence-electron chi connectivity index (χ0n) is 12.0. The largest absolute Gasteiger partial charge is 0.507 e. The Labute approximate surface area is 115 Å². The van der Waals surface area contributed by atoms with Gasteiger partial charge in [-0.1, -0.05) is 57.2 Å². The van der Waals surface area contributed by atoms with Crippen LogP contribution in [0.4, 0.5) is 0 Å². The molecule has 0 aliphatic rings. The van der Waals surface area contributed by atoms with Gasteiger partial charge in [0, 0.05) is 5.56 Å². The van der Waals surface area contributed by atoms with Gasteiger partial charge in [0.2, 0.25) is 0 Å². The standard InChI is InChI=1S/C18H22O/c1-4-13-12-14(5-2)18(19)16(6-3)17(13)15-10-8-7-9-11-15/h7-12,19H,4-6H2,1-3H3. The fourth-order valence-electron chi connectivity index (χ4n) is 2.71. The van der Waals surface area contributed by atoms with Crippen molar-refractivity contribution < 1.29 is 5.11 Å². The highest BCUT2D eigenvalue weighted by atomic mass is 16.3. The second kappa shape index (κ2) is 5.92. The molecule has 0 saturated heterocycles. The smallest absolute Gasteiger partial charge is 0.122 e. The number of phenolic OH excluding ortho intramolecular Hbond substituents is 1. The Kier molecular flexibility index (Phi) is 4.26. The van der Waals surface area contributed by atoms with E-state index in [0.29, 0.717) is 5.75 Å². The van der Waals surface area contributed by atoms with Crippen LogP contribution in [0.5, 0.6) is 5.75 Å². The lowest BCUT2D eigenvalue weighted by Gasteiger charge is -2.18. The average molecular weight is 254 g/mol. The summed E-state index contributed by atoms with van der Waals surface area (Å²) in [5.74, 6) is 0.487. The van der Waals surface area contributed by atoms with E-state index < -0.39 is 0 Å². The number of phenols is 1. The molecular weight excluding hydrogens is 232 g/mol. The fraction of sp³-hybridized carbons (Fsp3) is 0.333. The number of rotatable bonds is 4. The van der Waals surface area contributed by atoms with Gasteiger partial charge in [0.15, 0.2) is 0 Å². The second-order valence-corrected chi connectivity index (χ2v) is 4.82. The van der Waals surface area contributed by atoms with Gasteiger partial charge in [0.25, 0.3) is 0 Å². The van der Waals surface area contributed by atoms with E-state index in [1.807, 2.05) is 6.07 Å². The molecule has 0 aromatic heterocycles. The highest BCUT2D eigenvalue weighted by Crippen LogP contribution is 2.37. The van der Waals surface area contributed by atoms with Crippen LogP contribution in [0.2, 0.25) is 0 Å². The zero-order chi connectivity index (χ0) is 13.8. The summed E-state index contributed by atoms with van der Waals surface area (Å²) < 4.78 is 0. The summed E-state index contributed by atoms with van der Waals surface area (Å²) in [6, 6.07) is 12.5. The van der Waals surface area contributed by atoms with E-state index in [1.54, 1.807) is 0 Å². The highest BCUT2D eigenvalue weighted by molar-refractivity contribution is 5.75. The summed E-state index contributed by atoms with van der Waals surface area (Å²) in [4.78, 5) is 0. The molecule has 0 saturated carbocycles. The van der Waals surface area contributed by atoms with Crippen LogP contribution in [0.25, 0.3) is 11.1 Å². The third kappa shape index (κ3) is 2.51. The minimum atomic E-state index is 0.487. The molecule has 0 heterocycles. The van der Waals surface area contributed by atoms with Crippen LogP contribution >= 0.6 is 0 Å². The Morgan fingerprint density at radius 3 is 2.00 bits per heavy atom. The van der Waals surface area contributed by atoms with Gasteiger partial charge in [0.05, 0.1) is 0 Å². The second-order valence-electron chi connectivity index (χ2n) is 4.82. The van der Waals surface area contributed by atoms with Gasteiger partial charge in [-0.15, -0.1) is 0 Å². The van der Waals surface area contributed by atoms with Crippen LogP contribution < -0.4 is 0 Å². The first-order valence-electron chi connectivity index (χ1n) is 7.14. The summed E-state index contributed by atoms with van der Waals surface area (Å²) in [6.45, 7) is 6.38. The molecular formula is C18H22O. The third-order valence-corrected chi connectivity index (χ3v) is 3.74. The molecule has 2 aromatic carbocycles. The molecule has 2 aromatic rings. The molecule has 0 amide bonds. The Morgan fingerprint density at radius 1 is 0.842 bits per heavy atom. The van der Waals surface area contributed by atoms with Crippen molar-refractivity contribution in [1.29, 1.82) is 0 Å². The minimum Gasteiger partial charge on any atom is -0.507 e. The first-order chi connectivity index (χ1) is 9.22. The summed E-state index contributed by atoms with van der Waals surface area (Å²) in [5, 5.41) is 10.5. The van der Waals surface area contributed by atoms with Gasteiger partial charge >= 0.3 is 0 Å². The predicted octanol–water partition coefficient (Wildman–Crippen LogP) is 4.75. The van der Waals surface area contributed by atoms with Crippen molar-refractivity contribution in [2.75, 3.05) is 0 Å². The van der Waals surface area contributed by atoms with Gasteiger partial charge in [-0.25, -0.2) is 0 Å². The predicted molar refractivity (Wildman–Crippen MR) is 81.7 cm³/mol. The van der Waals surface area contributed by atoms with E-state index in [2.05, 4.69) is 51.1 Å². The number of benzene rings is 2. The van der Waals surface area contributed by atoms with Crippen molar-refractivity contribution in [3.63, 3.8) is 0 Å². The van der Waals surface area contributed by atoms with E-state index in [9.17, 15) is 5.11 Å². The van der Waals surface area contributed by atoms with Crippen molar-refractivity contribution in [2.24, 2.45) is 0 Å². The molecule has 0 atom stereocenters. The maximum absolute atomic E-state index is 10.5. The Balaban J connectivity index is 2.74. The van der Waals surface area contributed by atoms with Crippen LogP contribution in [-0.2, 0) is 19.3 Å². The van der Waals surface area contributed by atoms with Crippen molar-refractivity contribution in [2.45, 2.75) is 40.0 Å². The molecule has 0 bridgehead atoms. The number of aromatic hydroxyl groups is 1. The Morgan fingerprint density at radius 2 is 1.47 bits per heavy atom. The monoisotopic (exact) mass is 254 g/mol. The fourth-order valence-corrected chi connectivity index (χ4v) is 2.71.